The number of nitrogens with one attached hydrogen (secondary N) is 1. The maximum Gasteiger partial charge on any atom is 0.249 e. The van der Waals surface area contributed by atoms with Crippen LogP contribution >= 0.6 is 0 Å². The number of halogens is 2. The molecule has 1 saturated heterocycles. The van der Waals surface area contributed by atoms with Crippen molar-refractivity contribution in [3.63, 3.8) is 0 Å². The smallest absolute Gasteiger partial charge is 0.249 e. The first kappa shape index (κ1) is 18.4. The number of nitrogens with zero attached hydrogens (tertiary/aromatic N) is 3. The average Bonchev–Trinajstić information content (AvgIpc) is 3.06. The van der Waals surface area contributed by atoms with Crippen molar-refractivity contribution in [1.82, 2.24) is 14.9 Å². The average molecular weight is 389 g/mol. The minimum atomic E-state index is -2.68. The number of anilines is 1. The number of primary amides is 1. The van der Waals surface area contributed by atoms with Crippen LogP contribution < -0.4 is 10.6 Å². The Morgan fingerprint density at radius 1 is 1.25 bits per heavy atom. The first-order valence-corrected chi connectivity index (χ1v) is 9.19. The highest BCUT2D eigenvalue weighted by Gasteiger charge is 2.49. The molecule has 2 fully saturated rings. The third-order valence-electron chi connectivity index (χ3n) is 5.37. The fourth-order valence-corrected chi connectivity index (χ4v) is 3.77. The lowest BCUT2D eigenvalue weighted by Gasteiger charge is -2.41. The topological polar surface area (TPSA) is 95.3 Å². The molecule has 0 radical (unpaired) electrons. The van der Waals surface area contributed by atoms with Gasteiger partial charge in [-0.1, -0.05) is 0 Å². The van der Waals surface area contributed by atoms with Crippen molar-refractivity contribution in [2.24, 2.45) is 11.7 Å². The molecule has 28 heavy (non-hydrogen) atoms. The van der Waals surface area contributed by atoms with E-state index >= 15 is 0 Å². The summed E-state index contributed by atoms with van der Waals surface area (Å²) in [5.74, 6) is -3.91. The van der Waals surface area contributed by atoms with Gasteiger partial charge in [-0.3, -0.25) is 9.59 Å². The van der Waals surface area contributed by atoms with Crippen molar-refractivity contribution in [3.8, 4) is 0 Å². The molecule has 0 aromatic carbocycles. The number of rotatable bonds is 4. The molecule has 2 aromatic heterocycles. The molecule has 0 atom stereocenters. The number of carbonyl (C=O) groups excluding carboxylic acids is 2. The fraction of sp³-hybridized carbons (Fsp3) is 0.421. The standard InChI is InChI=1S/C19H21F2N5O2/c20-19(21)8-13(9-19)18(28)26-5-3-25(4-6-26)14-7-15-12(1-2-16(22)27)10-23-17(15)24-11-14/h1-2,7,10-11,13H,3-6,8-9H2,(H2,22,27)(H,23,24)/b2-1+. The molecule has 0 unspecified atom stereocenters. The maximum atomic E-state index is 13.0. The number of H-pyrrole nitrogens is 1. The van der Waals surface area contributed by atoms with Crippen LogP contribution in [0.25, 0.3) is 17.1 Å². The monoisotopic (exact) mass is 389 g/mol. The van der Waals surface area contributed by atoms with E-state index in [4.69, 9.17) is 5.73 Å². The van der Waals surface area contributed by atoms with E-state index in [0.717, 1.165) is 16.6 Å². The van der Waals surface area contributed by atoms with Gasteiger partial charge in [0.2, 0.25) is 17.7 Å². The predicted molar refractivity (Wildman–Crippen MR) is 101 cm³/mol. The highest BCUT2D eigenvalue weighted by atomic mass is 19.3. The van der Waals surface area contributed by atoms with Crippen LogP contribution in [-0.4, -0.2) is 58.8 Å². The van der Waals surface area contributed by atoms with Crippen LogP contribution in [0.2, 0.25) is 0 Å². The summed E-state index contributed by atoms with van der Waals surface area (Å²) >= 11 is 0. The van der Waals surface area contributed by atoms with Gasteiger partial charge in [-0.05, 0) is 12.1 Å². The summed E-state index contributed by atoms with van der Waals surface area (Å²) in [4.78, 5) is 34.6. The number of pyridine rings is 1. The van der Waals surface area contributed by atoms with Crippen molar-refractivity contribution < 1.29 is 18.4 Å². The Balaban J connectivity index is 1.43. The van der Waals surface area contributed by atoms with Crippen molar-refractivity contribution >= 4 is 34.6 Å². The molecule has 148 valence electrons. The molecule has 7 nitrogen and oxygen atoms in total. The summed E-state index contributed by atoms with van der Waals surface area (Å²) in [6, 6.07) is 1.98. The van der Waals surface area contributed by atoms with Crippen LogP contribution in [0.5, 0.6) is 0 Å². The first-order chi connectivity index (χ1) is 13.3. The predicted octanol–water partition coefficient (Wildman–Crippen LogP) is 1.76. The number of aromatic amines is 1. The molecule has 2 aromatic rings. The molecule has 2 amide bonds. The summed E-state index contributed by atoms with van der Waals surface area (Å²) in [6.45, 7) is 2.22. The van der Waals surface area contributed by atoms with E-state index in [2.05, 4.69) is 14.9 Å². The zero-order chi connectivity index (χ0) is 19.9. The Morgan fingerprint density at radius 2 is 1.96 bits per heavy atom. The summed E-state index contributed by atoms with van der Waals surface area (Å²) in [5, 5.41) is 0.866. The number of fused-ring (bicyclic) bond motifs is 1. The molecule has 3 heterocycles. The number of amides is 2. The Labute approximate surface area is 160 Å². The number of nitrogens with two attached hydrogens (primary N) is 1. The largest absolute Gasteiger partial charge is 0.367 e. The van der Waals surface area contributed by atoms with E-state index < -0.39 is 17.7 Å². The number of aromatic nitrogens is 2. The highest BCUT2D eigenvalue weighted by Crippen LogP contribution is 2.43. The van der Waals surface area contributed by atoms with E-state index in [1.54, 1.807) is 23.4 Å². The van der Waals surface area contributed by atoms with Crippen LogP contribution in [0, 0.1) is 5.92 Å². The molecule has 2 aliphatic rings. The number of piperazine rings is 1. The van der Waals surface area contributed by atoms with Gasteiger partial charge in [0.15, 0.2) is 0 Å². The molecule has 0 bridgehead atoms. The zero-order valence-corrected chi connectivity index (χ0v) is 15.2. The third kappa shape index (κ3) is 3.56. The van der Waals surface area contributed by atoms with Crippen LogP contribution in [-0.2, 0) is 9.59 Å². The van der Waals surface area contributed by atoms with Gasteiger partial charge in [-0.25, -0.2) is 13.8 Å². The maximum absolute atomic E-state index is 13.0. The van der Waals surface area contributed by atoms with Gasteiger partial charge in [-0.2, -0.15) is 0 Å². The molecule has 9 heteroatoms. The van der Waals surface area contributed by atoms with Gasteiger partial charge >= 0.3 is 0 Å². The second-order valence-corrected chi connectivity index (χ2v) is 7.34. The van der Waals surface area contributed by atoms with Crippen molar-refractivity contribution in [3.05, 3.63) is 30.1 Å². The molecule has 1 aliphatic heterocycles. The fourth-order valence-electron chi connectivity index (χ4n) is 3.77. The van der Waals surface area contributed by atoms with Crippen molar-refractivity contribution in [2.45, 2.75) is 18.8 Å². The zero-order valence-electron chi connectivity index (χ0n) is 15.2. The first-order valence-electron chi connectivity index (χ1n) is 9.19. The summed E-state index contributed by atoms with van der Waals surface area (Å²) in [5.41, 5.74) is 7.57. The van der Waals surface area contributed by atoms with Gasteiger partial charge in [0.25, 0.3) is 0 Å². The summed E-state index contributed by atoms with van der Waals surface area (Å²) < 4.78 is 26.0. The van der Waals surface area contributed by atoms with E-state index in [0.29, 0.717) is 31.8 Å². The highest BCUT2D eigenvalue weighted by molar-refractivity contribution is 5.95. The minimum Gasteiger partial charge on any atom is -0.367 e. The van der Waals surface area contributed by atoms with E-state index in [-0.39, 0.29) is 18.7 Å². The van der Waals surface area contributed by atoms with Crippen LogP contribution in [0.3, 0.4) is 0 Å². The Morgan fingerprint density at radius 3 is 2.61 bits per heavy atom. The van der Waals surface area contributed by atoms with Crippen molar-refractivity contribution in [1.29, 1.82) is 0 Å². The summed E-state index contributed by atoms with van der Waals surface area (Å²) in [7, 11) is 0. The summed E-state index contributed by atoms with van der Waals surface area (Å²) in [6.07, 6.45) is 5.78. The number of hydrogen-bond acceptors (Lipinski definition) is 4. The Kier molecular flexibility index (Phi) is 4.52. The Hall–Kier alpha value is -2.97. The third-order valence-corrected chi connectivity index (χ3v) is 5.37. The molecular formula is C19H21F2N5O2. The quantitative estimate of drug-likeness (QED) is 0.779. The van der Waals surface area contributed by atoms with E-state index in [1.807, 2.05) is 6.07 Å². The molecule has 3 N–H and O–H groups in total. The van der Waals surface area contributed by atoms with Crippen LogP contribution in [0.1, 0.15) is 18.4 Å². The molecular weight excluding hydrogens is 368 g/mol. The number of alkyl halides is 2. The van der Waals surface area contributed by atoms with Crippen LogP contribution in [0.15, 0.2) is 24.5 Å². The minimum absolute atomic E-state index is 0.163. The lowest BCUT2D eigenvalue weighted by atomic mass is 9.80. The molecule has 1 aliphatic carbocycles. The van der Waals surface area contributed by atoms with Gasteiger partial charge in [0.1, 0.15) is 5.65 Å². The van der Waals surface area contributed by atoms with Gasteiger partial charge in [-0.15, -0.1) is 0 Å². The molecule has 1 saturated carbocycles. The SMILES string of the molecule is NC(=O)/C=C/c1c[nH]c2ncc(N3CCN(C(=O)C4CC(F)(F)C4)CC3)cc12. The lowest BCUT2D eigenvalue weighted by Crippen LogP contribution is -2.53. The second kappa shape index (κ2) is 6.88. The molecule has 4 rings (SSSR count). The lowest BCUT2D eigenvalue weighted by molar-refractivity contribution is -0.160. The van der Waals surface area contributed by atoms with E-state index in [1.165, 1.54) is 6.08 Å². The molecule has 0 spiro atoms. The number of carbonyl (C=O) groups is 2. The number of hydrogen-bond donors (Lipinski definition) is 2. The van der Waals surface area contributed by atoms with Crippen LogP contribution in [0.4, 0.5) is 14.5 Å². The Bertz CT molecular complexity index is 939. The van der Waals surface area contributed by atoms with Gasteiger partial charge < -0.3 is 20.5 Å². The van der Waals surface area contributed by atoms with Gasteiger partial charge in [0.05, 0.1) is 11.9 Å². The normalized spacial score (nSPS) is 19.9. The second-order valence-electron chi connectivity index (χ2n) is 7.34. The van der Waals surface area contributed by atoms with Gasteiger partial charge in [0, 0.05) is 68.2 Å². The van der Waals surface area contributed by atoms with E-state index in [9.17, 15) is 18.4 Å². The van der Waals surface area contributed by atoms with Crippen molar-refractivity contribution in [2.75, 3.05) is 31.1 Å².